The van der Waals surface area contributed by atoms with E-state index >= 15 is 0 Å². The number of hydrogen-bond donors (Lipinski definition) is 3. The first-order valence-electron chi connectivity index (χ1n) is 9.99. The standard InChI is InChI=1S/C21H27N7O/c1-22-21(23-14-19-25-20(27-26-19)18-8-5-13-29-18)24-17-9-11-28(12-10-17)15-16-6-3-2-4-7-16/h2-8,13,17H,9-12,14-15H2,1H3,(H2,22,23,24)(H,25,26,27). The fourth-order valence-electron chi connectivity index (χ4n) is 3.52. The third-order valence-corrected chi connectivity index (χ3v) is 5.10. The summed E-state index contributed by atoms with van der Waals surface area (Å²) >= 11 is 0. The number of benzene rings is 1. The van der Waals surface area contributed by atoms with E-state index in [-0.39, 0.29) is 0 Å². The maximum atomic E-state index is 5.32. The van der Waals surface area contributed by atoms with Crippen molar-refractivity contribution in [3.63, 3.8) is 0 Å². The van der Waals surface area contributed by atoms with Crippen molar-refractivity contribution in [2.45, 2.75) is 32.0 Å². The second-order valence-corrected chi connectivity index (χ2v) is 7.19. The van der Waals surface area contributed by atoms with Crippen LogP contribution in [-0.4, -0.2) is 52.2 Å². The molecule has 4 rings (SSSR count). The number of guanidine groups is 1. The molecule has 152 valence electrons. The van der Waals surface area contributed by atoms with Gasteiger partial charge in [-0.2, -0.15) is 0 Å². The van der Waals surface area contributed by atoms with E-state index in [1.54, 1.807) is 13.3 Å². The van der Waals surface area contributed by atoms with Crippen molar-refractivity contribution < 1.29 is 4.42 Å². The van der Waals surface area contributed by atoms with E-state index in [9.17, 15) is 0 Å². The number of aromatic nitrogens is 3. The molecule has 8 nitrogen and oxygen atoms in total. The number of furan rings is 1. The van der Waals surface area contributed by atoms with E-state index in [2.05, 4.69) is 66.0 Å². The molecule has 2 aromatic heterocycles. The van der Waals surface area contributed by atoms with Gasteiger partial charge in [0.2, 0.25) is 5.82 Å². The molecule has 0 unspecified atom stereocenters. The Bertz CT molecular complexity index is 896. The summed E-state index contributed by atoms with van der Waals surface area (Å²) in [6.07, 6.45) is 3.80. The van der Waals surface area contributed by atoms with Gasteiger partial charge >= 0.3 is 0 Å². The first-order chi connectivity index (χ1) is 14.3. The highest BCUT2D eigenvalue weighted by Gasteiger charge is 2.20. The van der Waals surface area contributed by atoms with E-state index in [0.717, 1.165) is 44.3 Å². The summed E-state index contributed by atoms with van der Waals surface area (Å²) in [5.41, 5.74) is 1.37. The predicted molar refractivity (Wildman–Crippen MR) is 112 cm³/mol. The van der Waals surface area contributed by atoms with E-state index in [1.807, 2.05) is 12.1 Å². The largest absolute Gasteiger partial charge is 0.461 e. The van der Waals surface area contributed by atoms with Crippen LogP contribution in [0.1, 0.15) is 24.2 Å². The van der Waals surface area contributed by atoms with Gasteiger partial charge in [-0.15, -0.1) is 5.10 Å². The van der Waals surface area contributed by atoms with Crippen molar-refractivity contribution in [3.8, 4) is 11.6 Å². The van der Waals surface area contributed by atoms with Crippen molar-refractivity contribution in [2.75, 3.05) is 20.1 Å². The number of piperidine rings is 1. The van der Waals surface area contributed by atoms with Gasteiger partial charge in [0, 0.05) is 32.7 Å². The summed E-state index contributed by atoms with van der Waals surface area (Å²) in [5, 5.41) is 13.9. The van der Waals surface area contributed by atoms with E-state index < -0.39 is 0 Å². The van der Waals surface area contributed by atoms with Gasteiger partial charge in [0.15, 0.2) is 11.7 Å². The summed E-state index contributed by atoms with van der Waals surface area (Å²) in [5.74, 6) is 2.72. The number of nitrogens with one attached hydrogen (secondary N) is 3. The van der Waals surface area contributed by atoms with Crippen LogP contribution < -0.4 is 10.6 Å². The molecule has 1 aliphatic rings. The van der Waals surface area contributed by atoms with Crippen LogP contribution >= 0.6 is 0 Å². The van der Waals surface area contributed by atoms with Crippen molar-refractivity contribution >= 4 is 5.96 Å². The average Bonchev–Trinajstić information content (AvgIpc) is 3.45. The monoisotopic (exact) mass is 393 g/mol. The highest BCUT2D eigenvalue weighted by atomic mass is 16.3. The number of nitrogens with zero attached hydrogens (tertiary/aromatic N) is 4. The number of likely N-dealkylation sites (tertiary alicyclic amines) is 1. The molecule has 1 aliphatic heterocycles. The van der Waals surface area contributed by atoms with Crippen LogP contribution in [0.25, 0.3) is 11.6 Å². The van der Waals surface area contributed by atoms with E-state index in [4.69, 9.17) is 4.42 Å². The smallest absolute Gasteiger partial charge is 0.216 e. The van der Waals surface area contributed by atoms with Crippen LogP contribution in [0.4, 0.5) is 0 Å². The Labute approximate surface area is 170 Å². The molecule has 0 amide bonds. The third-order valence-electron chi connectivity index (χ3n) is 5.10. The van der Waals surface area contributed by atoms with Gasteiger partial charge in [0.25, 0.3) is 0 Å². The Balaban J connectivity index is 1.22. The van der Waals surface area contributed by atoms with Crippen LogP contribution in [-0.2, 0) is 13.1 Å². The second kappa shape index (κ2) is 9.38. The third kappa shape index (κ3) is 5.23. The molecule has 3 N–H and O–H groups in total. The van der Waals surface area contributed by atoms with Crippen LogP contribution in [0.15, 0.2) is 58.1 Å². The molecule has 0 spiro atoms. The van der Waals surface area contributed by atoms with E-state index in [1.165, 1.54) is 5.56 Å². The molecule has 0 bridgehead atoms. The highest BCUT2D eigenvalue weighted by Crippen LogP contribution is 2.15. The minimum Gasteiger partial charge on any atom is -0.461 e. The van der Waals surface area contributed by atoms with Gasteiger partial charge < -0.3 is 15.1 Å². The van der Waals surface area contributed by atoms with Crippen LogP contribution in [0, 0.1) is 0 Å². The lowest BCUT2D eigenvalue weighted by molar-refractivity contribution is 0.198. The number of H-pyrrole nitrogens is 1. The minimum atomic E-state index is 0.418. The van der Waals surface area contributed by atoms with Crippen molar-refractivity contribution in [3.05, 3.63) is 60.1 Å². The molecule has 0 aliphatic carbocycles. The Hall–Kier alpha value is -3.13. The van der Waals surface area contributed by atoms with Gasteiger partial charge in [0.05, 0.1) is 12.8 Å². The lowest BCUT2D eigenvalue weighted by Gasteiger charge is -2.33. The lowest BCUT2D eigenvalue weighted by atomic mass is 10.0. The second-order valence-electron chi connectivity index (χ2n) is 7.19. The molecule has 8 heteroatoms. The van der Waals surface area contributed by atoms with Crippen LogP contribution in [0.2, 0.25) is 0 Å². The number of aliphatic imine (C=N–C) groups is 1. The van der Waals surface area contributed by atoms with Gasteiger partial charge in [-0.05, 0) is 30.5 Å². The normalized spacial score (nSPS) is 16.1. The molecular formula is C21H27N7O. The first kappa shape index (κ1) is 19.2. The quantitative estimate of drug-likeness (QED) is 0.440. The molecule has 0 saturated carbocycles. The SMILES string of the molecule is CN=C(NCc1nc(-c2ccco2)n[nH]1)NC1CCN(Cc2ccccc2)CC1. The molecule has 29 heavy (non-hydrogen) atoms. The number of aromatic amines is 1. The van der Waals surface area contributed by atoms with Crippen molar-refractivity contribution in [1.82, 2.24) is 30.7 Å². The Morgan fingerprint density at radius 3 is 2.76 bits per heavy atom. The summed E-state index contributed by atoms with van der Waals surface area (Å²) in [4.78, 5) is 11.3. The molecule has 1 saturated heterocycles. The molecule has 1 fully saturated rings. The molecule has 1 aromatic carbocycles. The molecular weight excluding hydrogens is 366 g/mol. The molecule has 3 aromatic rings. The van der Waals surface area contributed by atoms with E-state index in [0.29, 0.717) is 24.2 Å². The zero-order valence-corrected chi connectivity index (χ0v) is 16.6. The van der Waals surface area contributed by atoms with Crippen LogP contribution in [0.5, 0.6) is 0 Å². The average molecular weight is 393 g/mol. The summed E-state index contributed by atoms with van der Waals surface area (Å²) in [6.45, 7) is 3.70. The van der Waals surface area contributed by atoms with Crippen molar-refractivity contribution in [1.29, 1.82) is 0 Å². The Morgan fingerprint density at radius 2 is 2.03 bits per heavy atom. The Morgan fingerprint density at radius 1 is 1.21 bits per heavy atom. The molecule has 3 heterocycles. The zero-order chi connectivity index (χ0) is 19.9. The summed E-state index contributed by atoms with van der Waals surface area (Å²) in [6, 6.07) is 14.7. The maximum absolute atomic E-state index is 5.32. The maximum Gasteiger partial charge on any atom is 0.216 e. The lowest BCUT2D eigenvalue weighted by Crippen LogP contribution is -2.48. The first-order valence-corrected chi connectivity index (χ1v) is 9.99. The highest BCUT2D eigenvalue weighted by molar-refractivity contribution is 5.79. The summed E-state index contributed by atoms with van der Waals surface area (Å²) < 4.78 is 5.32. The summed E-state index contributed by atoms with van der Waals surface area (Å²) in [7, 11) is 1.79. The fraction of sp³-hybridized carbons (Fsp3) is 0.381. The number of rotatable bonds is 6. The topological polar surface area (TPSA) is 94.4 Å². The minimum absolute atomic E-state index is 0.418. The van der Waals surface area contributed by atoms with Gasteiger partial charge in [-0.1, -0.05) is 30.3 Å². The van der Waals surface area contributed by atoms with Crippen molar-refractivity contribution in [2.24, 2.45) is 4.99 Å². The molecule has 0 atom stereocenters. The van der Waals surface area contributed by atoms with Gasteiger partial charge in [0.1, 0.15) is 5.82 Å². The van der Waals surface area contributed by atoms with Gasteiger partial charge in [-0.25, -0.2) is 4.98 Å². The van der Waals surface area contributed by atoms with Gasteiger partial charge in [-0.3, -0.25) is 15.0 Å². The molecule has 0 radical (unpaired) electrons. The fourth-order valence-corrected chi connectivity index (χ4v) is 3.52. The predicted octanol–water partition coefficient (Wildman–Crippen LogP) is 2.39. The zero-order valence-electron chi connectivity index (χ0n) is 16.6. The van der Waals surface area contributed by atoms with Crippen LogP contribution in [0.3, 0.4) is 0 Å². The Kier molecular flexibility index (Phi) is 6.21. The number of hydrogen-bond acceptors (Lipinski definition) is 5.